The Balaban J connectivity index is 1.27. The maximum absolute atomic E-state index is 12.6. The number of carbonyl (C=O) groups excluding carboxylic acids is 2. The van der Waals surface area contributed by atoms with Crippen LogP contribution in [0.4, 0.5) is 5.69 Å². The number of Topliss-reactive ketones (excluding diaryl/α,β-unsaturated/α-hetero) is 1. The van der Waals surface area contributed by atoms with Crippen molar-refractivity contribution in [3.05, 3.63) is 47.5 Å². The van der Waals surface area contributed by atoms with Crippen LogP contribution >= 0.6 is 11.8 Å². The normalized spacial score (nSPS) is 16.6. The zero-order valence-corrected chi connectivity index (χ0v) is 16.1. The van der Waals surface area contributed by atoms with Crippen molar-refractivity contribution >= 4 is 29.1 Å². The number of amides is 1. The molecule has 8 nitrogen and oxygen atoms in total. The smallest absolute Gasteiger partial charge is 0.277 e. The van der Waals surface area contributed by atoms with Gasteiger partial charge in [0.05, 0.1) is 11.7 Å². The number of benzene rings is 2. The molecule has 9 heteroatoms. The van der Waals surface area contributed by atoms with Crippen LogP contribution in [0.3, 0.4) is 0 Å². The molecule has 0 fully saturated rings. The number of thioether (sulfide) groups is 1. The molecular weight excluding hydrogens is 394 g/mol. The molecule has 1 atom stereocenters. The number of anilines is 1. The zero-order chi connectivity index (χ0) is 20.0. The molecule has 0 radical (unpaired) electrons. The highest BCUT2D eigenvalue weighted by atomic mass is 32.2. The number of carbonyl (C=O) groups is 2. The van der Waals surface area contributed by atoms with Crippen LogP contribution in [-0.4, -0.2) is 34.4 Å². The van der Waals surface area contributed by atoms with E-state index in [-0.39, 0.29) is 30.2 Å². The molecule has 0 saturated carbocycles. The summed E-state index contributed by atoms with van der Waals surface area (Å²) in [6.45, 7) is 2.01. The van der Waals surface area contributed by atoms with E-state index in [2.05, 4.69) is 15.5 Å². The third-order valence-electron chi connectivity index (χ3n) is 4.84. The molecule has 2 aliphatic rings. The van der Waals surface area contributed by atoms with Gasteiger partial charge in [0, 0.05) is 16.8 Å². The minimum absolute atomic E-state index is 0.0547. The third-order valence-corrected chi connectivity index (χ3v) is 5.66. The zero-order valence-electron chi connectivity index (χ0n) is 15.3. The van der Waals surface area contributed by atoms with Gasteiger partial charge in [-0.05, 0) is 48.9 Å². The first-order chi connectivity index (χ1) is 14.1. The van der Waals surface area contributed by atoms with Crippen molar-refractivity contribution in [1.29, 1.82) is 0 Å². The third kappa shape index (κ3) is 3.23. The molecule has 0 spiro atoms. The highest BCUT2D eigenvalue weighted by molar-refractivity contribution is 7.99. The summed E-state index contributed by atoms with van der Waals surface area (Å²) in [4.78, 5) is 24.3. The van der Waals surface area contributed by atoms with Gasteiger partial charge in [0.1, 0.15) is 0 Å². The minimum Gasteiger partial charge on any atom is -0.454 e. The fraction of sp³-hybridized carbons (Fsp3) is 0.200. The standard InChI is InChI=1S/C20H15N3O5S/c1-10-13-6-11(2-4-14(13)21-18(10)25)15(24)8-29-20-23-22-19(28-20)12-3-5-16-17(7-12)27-9-26-16/h2-7,10H,8-9H2,1H3,(H,21,25)/t10-/m1/s1. The Morgan fingerprint density at radius 2 is 2.03 bits per heavy atom. The van der Waals surface area contributed by atoms with Crippen LogP contribution in [0.2, 0.25) is 0 Å². The van der Waals surface area contributed by atoms with Crippen molar-refractivity contribution in [1.82, 2.24) is 10.2 Å². The van der Waals surface area contributed by atoms with Crippen molar-refractivity contribution in [3.8, 4) is 23.0 Å². The Morgan fingerprint density at radius 1 is 1.17 bits per heavy atom. The Hall–Kier alpha value is -3.33. The van der Waals surface area contributed by atoms with Gasteiger partial charge < -0.3 is 19.2 Å². The summed E-state index contributed by atoms with van der Waals surface area (Å²) < 4.78 is 16.3. The summed E-state index contributed by atoms with van der Waals surface area (Å²) in [6, 6.07) is 10.6. The average Bonchev–Trinajstić information content (AvgIpc) is 3.45. The number of nitrogens with one attached hydrogen (secondary N) is 1. The number of fused-ring (bicyclic) bond motifs is 2. The lowest BCUT2D eigenvalue weighted by Gasteiger charge is -2.04. The molecular formula is C20H15N3O5S. The van der Waals surface area contributed by atoms with E-state index in [4.69, 9.17) is 13.9 Å². The van der Waals surface area contributed by atoms with Crippen LogP contribution in [0.5, 0.6) is 11.5 Å². The minimum atomic E-state index is -0.259. The van der Waals surface area contributed by atoms with E-state index < -0.39 is 0 Å². The number of ether oxygens (including phenoxy) is 2. The summed E-state index contributed by atoms with van der Waals surface area (Å²) in [5.74, 6) is 1.41. The Kier molecular flexibility index (Phi) is 4.24. The number of hydrogen-bond donors (Lipinski definition) is 1. The largest absolute Gasteiger partial charge is 0.454 e. The van der Waals surface area contributed by atoms with Gasteiger partial charge in [0.2, 0.25) is 18.6 Å². The van der Waals surface area contributed by atoms with Gasteiger partial charge in [-0.2, -0.15) is 0 Å². The molecule has 5 rings (SSSR count). The van der Waals surface area contributed by atoms with Gasteiger partial charge in [-0.3, -0.25) is 9.59 Å². The van der Waals surface area contributed by atoms with E-state index in [1.54, 1.807) is 30.3 Å². The lowest BCUT2D eigenvalue weighted by atomic mass is 9.99. The molecule has 2 aliphatic heterocycles. The summed E-state index contributed by atoms with van der Waals surface area (Å²) in [5.41, 5.74) is 2.87. The van der Waals surface area contributed by atoms with Crippen molar-refractivity contribution in [2.45, 2.75) is 18.1 Å². The van der Waals surface area contributed by atoms with E-state index in [1.165, 1.54) is 11.8 Å². The fourth-order valence-corrected chi connectivity index (χ4v) is 3.87. The summed E-state index contributed by atoms with van der Waals surface area (Å²) in [5, 5.41) is 11.1. The Labute approximate surface area is 169 Å². The molecule has 3 heterocycles. The maximum Gasteiger partial charge on any atom is 0.277 e. The van der Waals surface area contributed by atoms with E-state index in [1.807, 2.05) is 13.0 Å². The second-order valence-corrected chi connectivity index (χ2v) is 7.59. The topological polar surface area (TPSA) is 104 Å². The van der Waals surface area contributed by atoms with Crippen LogP contribution in [0.25, 0.3) is 11.5 Å². The summed E-state index contributed by atoms with van der Waals surface area (Å²) in [6.07, 6.45) is 0. The number of nitrogens with zero attached hydrogens (tertiary/aromatic N) is 2. The number of hydrogen-bond acceptors (Lipinski definition) is 8. The van der Waals surface area contributed by atoms with Crippen molar-refractivity contribution in [2.24, 2.45) is 0 Å². The molecule has 1 amide bonds. The molecule has 0 saturated heterocycles. The monoisotopic (exact) mass is 409 g/mol. The highest BCUT2D eigenvalue weighted by Gasteiger charge is 2.27. The maximum atomic E-state index is 12.6. The summed E-state index contributed by atoms with van der Waals surface area (Å²) >= 11 is 1.17. The Morgan fingerprint density at radius 3 is 2.93 bits per heavy atom. The number of rotatable bonds is 5. The van der Waals surface area contributed by atoms with Crippen molar-refractivity contribution in [2.75, 3.05) is 17.9 Å². The van der Waals surface area contributed by atoms with Gasteiger partial charge in [0.15, 0.2) is 17.3 Å². The first-order valence-electron chi connectivity index (χ1n) is 8.93. The van der Waals surface area contributed by atoms with Crippen molar-refractivity contribution in [3.63, 3.8) is 0 Å². The quantitative estimate of drug-likeness (QED) is 0.504. The lowest BCUT2D eigenvalue weighted by molar-refractivity contribution is -0.116. The summed E-state index contributed by atoms with van der Waals surface area (Å²) in [7, 11) is 0. The second-order valence-electron chi connectivity index (χ2n) is 6.67. The predicted octanol–water partition coefficient (Wildman–Crippen LogP) is 3.50. The van der Waals surface area contributed by atoms with Gasteiger partial charge in [-0.15, -0.1) is 10.2 Å². The van der Waals surface area contributed by atoms with Gasteiger partial charge in [0.25, 0.3) is 5.22 Å². The number of aromatic nitrogens is 2. The molecule has 0 bridgehead atoms. The van der Waals surface area contributed by atoms with E-state index >= 15 is 0 Å². The highest BCUT2D eigenvalue weighted by Crippen LogP contribution is 2.36. The number of ketones is 1. The SMILES string of the molecule is C[C@H]1C(=O)Nc2ccc(C(=O)CSc3nnc(-c4ccc5c(c4)OCO5)o3)cc21. The molecule has 2 aromatic carbocycles. The molecule has 3 aromatic rings. The first kappa shape index (κ1) is 17.7. The first-order valence-corrected chi connectivity index (χ1v) is 9.91. The van der Waals surface area contributed by atoms with Gasteiger partial charge >= 0.3 is 0 Å². The van der Waals surface area contributed by atoms with Crippen LogP contribution in [0, 0.1) is 0 Å². The lowest BCUT2D eigenvalue weighted by Crippen LogP contribution is -2.08. The average molecular weight is 409 g/mol. The fourth-order valence-electron chi connectivity index (χ4n) is 3.22. The molecule has 0 unspecified atom stereocenters. The molecule has 146 valence electrons. The van der Waals surface area contributed by atoms with Crippen LogP contribution in [-0.2, 0) is 4.79 Å². The van der Waals surface area contributed by atoms with E-state index in [0.29, 0.717) is 33.7 Å². The molecule has 1 N–H and O–H groups in total. The predicted molar refractivity (Wildman–Crippen MR) is 104 cm³/mol. The van der Waals surface area contributed by atoms with E-state index in [9.17, 15) is 9.59 Å². The van der Waals surface area contributed by atoms with E-state index in [0.717, 1.165) is 11.3 Å². The van der Waals surface area contributed by atoms with Crippen LogP contribution in [0.1, 0.15) is 28.8 Å². The molecule has 1 aromatic heterocycles. The van der Waals surface area contributed by atoms with Crippen LogP contribution < -0.4 is 14.8 Å². The van der Waals surface area contributed by atoms with Crippen LogP contribution in [0.15, 0.2) is 46.0 Å². The van der Waals surface area contributed by atoms with Crippen molar-refractivity contribution < 1.29 is 23.5 Å². The van der Waals surface area contributed by atoms with Gasteiger partial charge in [-0.1, -0.05) is 11.8 Å². The Bertz CT molecular complexity index is 1140. The molecule has 0 aliphatic carbocycles. The molecule has 29 heavy (non-hydrogen) atoms. The van der Waals surface area contributed by atoms with Gasteiger partial charge in [-0.25, -0.2) is 0 Å². The second kappa shape index (κ2) is 6.93.